The molecule has 0 aromatic carbocycles. The molecule has 0 aromatic heterocycles. The average molecular weight is 399 g/mol. The number of hydrogen-bond acceptors (Lipinski definition) is 4. The predicted octanol–water partition coefficient (Wildman–Crippen LogP) is 7.05. The molecule has 0 aliphatic rings. The van der Waals surface area contributed by atoms with Crippen LogP contribution in [0.4, 0.5) is 0 Å². The number of unbranched alkanes of at least 4 members (excludes halogenated alkanes) is 4. The first kappa shape index (κ1) is 26.9. The number of rotatable bonds is 13. The monoisotopic (exact) mass is 398 g/mol. The number of hydrogen-bond donors (Lipinski definition) is 0. The average Bonchev–Trinajstić information content (AvgIpc) is 2.50. The number of carbonyl (C=O) groups is 2. The summed E-state index contributed by atoms with van der Waals surface area (Å²) in [5.41, 5.74) is -0.628. The number of esters is 2. The molecule has 0 N–H and O–H groups in total. The lowest BCUT2D eigenvalue weighted by Gasteiger charge is -2.34. The molecule has 0 heterocycles. The largest absolute Gasteiger partial charge is 0.423 e. The van der Waals surface area contributed by atoms with Crippen molar-refractivity contribution in [3.8, 4) is 0 Å². The fourth-order valence-corrected chi connectivity index (χ4v) is 3.75. The zero-order chi connectivity index (χ0) is 22.0. The zero-order valence-corrected chi connectivity index (χ0v) is 20.1. The van der Waals surface area contributed by atoms with Crippen LogP contribution in [0, 0.1) is 16.7 Å². The second-order valence-corrected chi connectivity index (χ2v) is 10.5. The lowest BCUT2D eigenvalue weighted by molar-refractivity contribution is -0.226. The van der Waals surface area contributed by atoms with Crippen molar-refractivity contribution in [3.63, 3.8) is 0 Å². The first-order valence-corrected chi connectivity index (χ1v) is 11.2. The summed E-state index contributed by atoms with van der Waals surface area (Å²) in [7, 11) is 0. The van der Waals surface area contributed by atoms with E-state index in [9.17, 15) is 9.59 Å². The number of ether oxygens (including phenoxy) is 2. The molecule has 0 fully saturated rings. The molecule has 0 spiro atoms. The third kappa shape index (κ3) is 11.7. The second kappa shape index (κ2) is 11.8. The van der Waals surface area contributed by atoms with Gasteiger partial charge < -0.3 is 9.47 Å². The maximum absolute atomic E-state index is 12.8. The van der Waals surface area contributed by atoms with Gasteiger partial charge in [0, 0.05) is 13.8 Å². The molecule has 0 aromatic rings. The van der Waals surface area contributed by atoms with Crippen LogP contribution in [0.2, 0.25) is 0 Å². The molecule has 1 unspecified atom stereocenters. The van der Waals surface area contributed by atoms with Crippen LogP contribution in [-0.2, 0) is 19.1 Å². The lowest BCUT2D eigenvalue weighted by Crippen LogP contribution is -2.41. The predicted molar refractivity (Wildman–Crippen MR) is 116 cm³/mol. The molecule has 0 aliphatic carbocycles. The highest BCUT2D eigenvalue weighted by molar-refractivity contribution is 5.77. The first-order valence-electron chi connectivity index (χ1n) is 11.2. The van der Waals surface area contributed by atoms with Gasteiger partial charge in [0.25, 0.3) is 5.79 Å². The smallest absolute Gasteiger partial charge is 0.314 e. The third-order valence-electron chi connectivity index (χ3n) is 4.86. The van der Waals surface area contributed by atoms with Gasteiger partial charge in [-0.3, -0.25) is 9.59 Å². The molecule has 0 saturated heterocycles. The molecular formula is C24H46O4. The normalized spacial score (nSPS) is 13.9. The van der Waals surface area contributed by atoms with Crippen LogP contribution < -0.4 is 0 Å². The number of carbonyl (C=O) groups excluding carboxylic acids is 2. The van der Waals surface area contributed by atoms with E-state index in [1.54, 1.807) is 13.8 Å². The van der Waals surface area contributed by atoms with E-state index in [4.69, 9.17) is 9.47 Å². The molecule has 0 bridgehead atoms. The Bertz CT molecular complexity index is 471. The minimum Gasteiger partial charge on any atom is -0.423 e. The van der Waals surface area contributed by atoms with Crippen molar-refractivity contribution >= 4 is 11.9 Å². The van der Waals surface area contributed by atoms with Gasteiger partial charge in [-0.15, -0.1) is 0 Å². The molecule has 28 heavy (non-hydrogen) atoms. The van der Waals surface area contributed by atoms with Crippen molar-refractivity contribution in [2.75, 3.05) is 0 Å². The summed E-state index contributed by atoms with van der Waals surface area (Å²) in [6, 6.07) is 0. The van der Waals surface area contributed by atoms with Crippen molar-refractivity contribution in [1.82, 2.24) is 0 Å². The quantitative estimate of drug-likeness (QED) is 0.189. The highest BCUT2D eigenvalue weighted by Gasteiger charge is 2.39. The van der Waals surface area contributed by atoms with Crippen LogP contribution in [0.25, 0.3) is 0 Å². The molecule has 1 atom stereocenters. The first-order chi connectivity index (χ1) is 12.7. The summed E-state index contributed by atoms with van der Waals surface area (Å²) in [5, 5.41) is 0. The fourth-order valence-electron chi connectivity index (χ4n) is 3.75. The molecule has 166 valence electrons. The van der Waals surface area contributed by atoms with Gasteiger partial charge in [0.05, 0.1) is 11.3 Å². The Morgan fingerprint density at radius 3 is 1.79 bits per heavy atom. The van der Waals surface area contributed by atoms with Crippen molar-refractivity contribution in [2.24, 2.45) is 16.7 Å². The lowest BCUT2D eigenvalue weighted by atomic mass is 9.76. The molecule has 0 radical (unpaired) electrons. The molecule has 0 aliphatic heterocycles. The summed E-state index contributed by atoms with van der Waals surface area (Å²) in [5.74, 6) is -1.93. The van der Waals surface area contributed by atoms with Crippen LogP contribution in [-0.4, -0.2) is 17.7 Å². The van der Waals surface area contributed by atoms with Gasteiger partial charge in [0.15, 0.2) is 0 Å². The van der Waals surface area contributed by atoms with E-state index < -0.39 is 11.2 Å². The maximum Gasteiger partial charge on any atom is 0.314 e. The van der Waals surface area contributed by atoms with Crippen molar-refractivity contribution in [3.05, 3.63) is 0 Å². The Hall–Kier alpha value is -1.06. The topological polar surface area (TPSA) is 52.6 Å². The fraction of sp³-hybridized carbons (Fsp3) is 0.917. The molecule has 0 amide bonds. The third-order valence-corrected chi connectivity index (χ3v) is 4.86. The van der Waals surface area contributed by atoms with E-state index in [1.807, 2.05) is 13.8 Å². The van der Waals surface area contributed by atoms with Crippen LogP contribution >= 0.6 is 0 Å². The van der Waals surface area contributed by atoms with Gasteiger partial charge in [0.1, 0.15) is 0 Å². The van der Waals surface area contributed by atoms with E-state index in [0.717, 1.165) is 38.5 Å². The SMILES string of the molecule is CCCCCCC(CCCC)C(=O)OC(C)(C)OC(=O)C(C)(C)CC(C)(C)C. The van der Waals surface area contributed by atoms with E-state index in [-0.39, 0.29) is 23.3 Å². The summed E-state index contributed by atoms with van der Waals surface area (Å²) < 4.78 is 11.3. The minimum absolute atomic E-state index is 0.00702. The maximum atomic E-state index is 12.8. The van der Waals surface area contributed by atoms with Gasteiger partial charge in [-0.1, -0.05) is 73.1 Å². The summed E-state index contributed by atoms with van der Waals surface area (Å²) in [4.78, 5) is 25.5. The molecule has 4 nitrogen and oxygen atoms in total. The summed E-state index contributed by atoms with van der Waals surface area (Å²) in [6.45, 7) is 17.7. The van der Waals surface area contributed by atoms with Crippen molar-refractivity contribution in [1.29, 1.82) is 0 Å². The van der Waals surface area contributed by atoms with E-state index >= 15 is 0 Å². The Labute approximate surface area is 174 Å². The van der Waals surface area contributed by atoms with Crippen LogP contribution in [0.15, 0.2) is 0 Å². The van der Waals surface area contributed by atoms with Gasteiger partial charge in [-0.05, 0) is 38.5 Å². The summed E-state index contributed by atoms with van der Waals surface area (Å²) in [6.07, 6.45) is 8.99. The second-order valence-electron chi connectivity index (χ2n) is 10.5. The zero-order valence-electron chi connectivity index (χ0n) is 20.1. The molecule has 4 heteroatoms. The Balaban J connectivity index is 4.90. The minimum atomic E-state index is -1.25. The van der Waals surface area contributed by atoms with Gasteiger partial charge in [0.2, 0.25) is 0 Å². The van der Waals surface area contributed by atoms with E-state index in [0.29, 0.717) is 6.42 Å². The molecule has 0 rings (SSSR count). The van der Waals surface area contributed by atoms with Crippen LogP contribution in [0.3, 0.4) is 0 Å². The highest BCUT2D eigenvalue weighted by Crippen LogP contribution is 2.35. The molecule has 0 saturated carbocycles. The van der Waals surface area contributed by atoms with Gasteiger partial charge in [-0.25, -0.2) is 0 Å². The Kier molecular flexibility index (Phi) is 11.4. The van der Waals surface area contributed by atoms with Crippen LogP contribution in [0.1, 0.15) is 120 Å². The Morgan fingerprint density at radius 1 is 0.750 bits per heavy atom. The van der Waals surface area contributed by atoms with Gasteiger partial charge >= 0.3 is 11.9 Å². The van der Waals surface area contributed by atoms with Crippen molar-refractivity contribution in [2.45, 2.75) is 126 Å². The highest BCUT2D eigenvalue weighted by atomic mass is 16.7. The van der Waals surface area contributed by atoms with Crippen LogP contribution in [0.5, 0.6) is 0 Å². The van der Waals surface area contributed by atoms with E-state index in [1.165, 1.54) is 12.8 Å². The van der Waals surface area contributed by atoms with Gasteiger partial charge in [-0.2, -0.15) is 0 Å². The standard InChI is InChI=1S/C24H46O4/c1-10-12-14-15-17-19(16-13-11-2)20(25)27-24(8,9)28-21(26)23(6,7)18-22(3,4)5/h19H,10-18H2,1-9H3. The van der Waals surface area contributed by atoms with E-state index in [2.05, 4.69) is 34.6 Å². The van der Waals surface area contributed by atoms with Crippen molar-refractivity contribution < 1.29 is 19.1 Å². The summed E-state index contributed by atoms with van der Waals surface area (Å²) >= 11 is 0. The molecular weight excluding hydrogens is 352 g/mol. The Morgan fingerprint density at radius 2 is 1.29 bits per heavy atom.